The molecule has 166 valence electrons. The Morgan fingerprint density at radius 1 is 1.09 bits per heavy atom. The van der Waals surface area contributed by atoms with Crippen molar-refractivity contribution < 1.29 is 29.0 Å². The maximum absolute atomic E-state index is 13.2. The molecule has 1 fully saturated rings. The first-order valence-electron chi connectivity index (χ1n) is 11.1. The van der Waals surface area contributed by atoms with Crippen LogP contribution in [0.5, 0.6) is 11.5 Å². The van der Waals surface area contributed by atoms with Crippen molar-refractivity contribution in [1.29, 1.82) is 0 Å². The van der Waals surface area contributed by atoms with E-state index in [0.29, 0.717) is 35.3 Å². The number of benzene rings is 1. The second kappa shape index (κ2) is 6.88. The Morgan fingerprint density at radius 3 is 2.73 bits per heavy atom. The van der Waals surface area contributed by atoms with Crippen LogP contribution in [-0.4, -0.2) is 28.5 Å². The predicted molar refractivity (Wildman–Crippen MR) is 116 cm³/mol. The minimum Gasteiger partial charge on any atom is -0.508 e. The Labute approximate surface area is 189 Å². The minimum absolute atomic E-state index is 0.114. The van der Waals surface area contributed by atoms with Crippen molar-refractivity contribution in [2.24, 2.45) is 23.7 Å². The van der Waals surface area contributed by atoms with Crippen LogP contribution in [0.4, 0.5) is 0 Å². The Morgan fingerprint density at radius 2 is 1.91 bits per heavy atom. The molecule has 7 heteroatoms. The van der Waals surface area contributed by atoms with Gasteiger partial charge in [0, 0.05) is 34.6 Å². The van der Waals surface area contributed by atoms with Gasteiger partial charge in [0.05, 0.1) is 18.1 Å². The van der Waals surface area contributed by atoms with Crippen molar-refractivity contribution in [3.63, 3.8) is 0 Å². The van der Waals surface area contributed by atoms with Gasteiger partial charge < -0.3 is 9.84 Å². The number of carbonyl (C=O) groups excluding carboxylic acids is 4. The van der Waals surface area contributed by atoms with E-state index in [4.69, 9.17) is 4.74 Å². The maximum Gasteiger partial charge on any atom is 0.231 e. The first kappa shape index (κ1) is 19.9. The molecule has 2 N–H and O–H groups in total. The number of hydrogen-bond donors (Lipinski definition) is 2. The van der Waals surface area contributed by atoms with E-state index < -0.39 is 17.8 Å². The molecule has 2 heterocycles. The van der Waals surface area contributed by atoms with Gasteiger partial charge in [-0.3, -0.25) is 24.5 Å². The van der Waals surface area contributed by atoms with Crippen LogP contribution in [0.3, 0.4) is 0 Å². The molecule has 33 heavy (non-hydrogen) atoms. The average Bonchev–Trinajstić information content (AvgIpc) is 3.09. The summed E-state index contributed by atoms with van der Waals surface area (Å²) in [6.07, 6.45) is 6.08. The lowest BCUT2D eigenvalue weighted by atomic mass is 9.58. The summed E-state index contributed by atoms with van der Waals surface area (Å²) in [7, 11) is 0. The topological polar surface area (TPSA) is 110 Å². The third kappa shape index (κ3) is 2.81. The summed E-state index contributed by atoms with van der Waals surface area (Å²) in [6, 6.07) is 4.86. The first-order valence-corrected chi connectivity index (χ1v) is 11.1. The molecule has 0 saturated carbocycles. The standard InChI is InChI=1S/C26H21NO6/c1-11-6-19(29)23-18(24(11)30)9-17-15(3-4-16-22(17)26(32)27-25(16)31)21(23)13-7-12-8-14(28)2-5-20(12)33-10-13/h2-3,5-6,8,10,16-17,21-22,28H,4,7,9H2,1H3,(H,27,31,32)/t16-,17+,21-,22-/m0/s1. The summed E-state index contributed by atoms with van der Waals surface area (Å²) in [5, 5.41) is 12.4. The lowest BCUT2D eigenvalue weighted by molar-refractivity contribution is -0.126. The molecule has 5 aliphatic rings. The van der Waals surface area contributed by atoms with Crippen LogP contribution in [0.25, 0.3) is 0 Å². The van der Waals surface area contributed by atoms with E-state index in [1.54, 1.807) is 31.4 Å². The molecular weight excluding hydrogens is 422 g/mol. The van der Waals surface area contributed by atoms with Gasteiger partial charge in [-0.25, -0.2) is 0 Å². The quantitative estimate of drug-likeness (QED) is 0.392. The molecule has 0 aromatic heterocycles. The summed E-state index contributed by atoms with van der Waals surface area (Å²) in [5.41, 5.74) is 3.72. The molecule has 0 bridgehead atoms. The Kier molecular flexibility index (Phi) is 4.15. The van der Waals surface area contributed by atoms with Crippen LogP contribution in [0, 0.1) is 23.7 Å². The number of fused-ring (bicyclic) bond motifs is 4. The van der Waals surface area contributed by atoms with Crippen LogP contribution >= 0.6 is 0 Å². The molecule has 2 amide bonds. The molecule has 2 aliphatic heterocycles. The average molecular weight is 443 g/mol. The van der Waals surface area contributed by atoms with E-state index in [0.717, 1.165) is 16.7 Å². The van der Waals surface area contributed by atoms with Gasteiger partial charge in [0.15, 0.2) is 11.6 Å². The van der Waals surface area contributed by atoms with Gasteiger partial charge in [0.25, 0.3) is 0 Å². The van der Waals surface area contributed by atoms with Gasteiger partial charge >= 0.3 is 0 Å². The van der Waals surface area contributed by atoms with Gasteiger partial charge in [0.2, 0.25) is 11.8 Å². The fourth-order valence-electron chi connectivity index (χ4n) is 6.10. The molecule has 0 radical (unpaired) electrons. The lowest BCUT2D eigenvalue weighted by Crippen LogP contribution is -2.41. The van der Waals surface area contributed by atoms with E-state index in [9.17, 15) is 24.3 Å². The normalized spacial score (nSPS) is 30.3. The fourth-order valence-corrected chi connectivity index (χ4v) is 6.10. The number of ketones is 2. The summed E-state index contributed by atoms with van der Waals surface area (Å²) >= 11 is 0. The molecule has 7 nitrogen and oxygen atoms in total. The number of hydrogen-bond acceptors (Lipinski definition) is 6. The van der Waals surface area contributed by atoms with E-state index in [-0.39, 0.29) is 41.5 Å². The number of Topliss-reactive ketones (excluding diaryl/α,β-unsaturated/α-hetero) is 1. The van der Waals surface area contributed by atoms with Crippen molar-refractivity contribution in [3.8, 4) is 11.5 Å². The highest BCUT2D eigenvalue weighted by Crippen LogP contribution is 2.53. The van der Waals surface area contributed by atoms with Gasteiger partial charge in [-0.1, -0.05) is 11.6 Å². The van der Waals surface area contributed by atoms with Crippen molar-refractivity contribution in [2.45, 2.75) is 26.2 Å². The molecule has 0 spiro atoms. The number of amides is 2. The number of ether oxygens (including phenoxy) is 1. The maximum atomic E-state index is 13.2. The monoisotopic (exact) mass is 443 g/mol. The van der Waals surface area contributed by atoms with E-state index in [1.165, 1.54) is 6.08 Å². The van der Waals surface area contributed by atoms with Crippen LogP contribution in [-0.2, 0) is 25.6 Å². The SMILES string of the molecule is CC1=CC(=O)C2=C(C[C@@H]3C(=CC[C@@H]4C(=O)NC(=O)[C@@H]43)[C@@H]2C2=COc3ccc(O)cc3C2)C1=O. The van der Waals surface area contributed by atoms with E-state index in [1.807, 2.05) is 6.08 Å². The highest BCUT2D eigenvalue weighted by molar-refractivity contribution is 6.23. The lowest BCUT2D eigenvalue weighted by Gasteiger charge is -2.43. The minimum atomic E-state index is -0.551. The zero-order valence-corrected chi connectivity index (χ0v) is 17.9. The fraction of sp³-hybridized carbons (Fsp3) is 0.308. The van der Waals surface area contributed by atoms with E-state index >= 15 is 0 Å². The van der Waals surface area contributed by atoms with Gasteiger partial charge in [-0.05, 0) is 55.5 Å². The molecule has 0 unspecified atom stereocenters. The van der Waals surface area contributed by atoms with Gasteiger partial charge in [-0.15, -0.1) is 0 Å². The largest absolute Gasteiger partial charge is 0.508 e. The molecular formula is C26H21NO6. The van der Waals surface area contributed by atoms with Crippen LogP contribution in [0.1, 0.15) is 25.3 Å². The van der Waals surface area contributed by atoms with Crippen molar-refractivity contribution in [2.75, 3.05) is 0 Å². The Balaban J connectivity index is 1.50. The number of aromatic hydroxyl groups is 1. The number of nitrogens with one attached hydrogen (secondary N) is 1. The van der Waals surface area contributed by atoms with Crippen LogP contribution < -0.4 is 10.1 Å². The number of allylic oxidation sites excluding steroid dienone is 7. The number of carbonyl (C=O) groups is 4. The van der Waals surface area contributed by atoms with Crippen LogP contribution in [0.2, 0.25) is 0 Å². The summed E-state index contributed by atoms with van der Waals surface area (Å²) in [5.74, 6) is -2.09. The highest BCUT2D eigenvalue weighted by atomic mass is 16.5. The van der Waals surface area contributed by atoms with Crippen molar-refractivity contribution >= 4 is 23.4 Å². The Hall–Kier alpha value is -3.74. The summed E-state index contributed by atoms with van der Waals surface area (Å²) in [6.45, 7) is 1.63. The smallest absolute Gasteiger partial charge is 0.231 e. The molecule has 4 atom stereocenters. The zero-order valence-electron chi connectivity index (χ0n) is 17.9. The van der Waals surface area contributed by atoms with Gasteiger partial charge in [-0.2, -0.15) is 0 Å². The van der Waals surface area contributed by atoms with Crippen molar-refractivity contribution in [1.82, 2.24) is 5.32 Å². The van der Waals surface area contributed by atoms with Crippen molar-refractivity contribution in [3.05, 3.63) is 70.0 Å². The van der Waals surface area contributed by atoms with Crippen LogP contribution in [0.15, 0.2) is 64.5 Å². The third-order valence-electron chi connectivity index (χ3n) is 7.55. The molecule has 3 aliphatic carbocycles. The molecule has 6 rings (SSSR count). The number of imide groups is 1. The highest BCUT2D eigenvalue weighted by Gasteiger charge is 2.53. The summed E-state index contributed by atoms with van der Waals surface area (Å²) in [4.78, 5) is 51.4. The first-order chi connectivity index (χ1) is 15.8. The third-order valence-corrected chi connectivity index (χ3v) is 7.55. The number of phenolic OH excluding ortho intramolecular Hbond substituents is 1. The zero-order chi connectivity index (χ0) is 23.0. The molecule has 1 aromatic rings. The number of phenols is 1. The number of rotatable bonds is 1. The summed E-state index contributed by atoms with van der Waals surface area (Å²) < 4.78 is 5.84. The molecule has 1 saturated heterocycles. The predicted octanol–water partition coefficient (Wildman–Crippen LogP) is 2.46. The Bertz CT molecular complexity index is 1310. The van der Waals surface area contributed by atoms with Gasteiger partial charge in [0.1, 0.15) is 11.5 Å². The van der Waals surface area contributed by atoms with E-state index in [2.05, 4.69) is 5.32 Å². The second-order valence-electron chi connectivity index (χ2n) is 9.36. The molecule has 1 aromatic carbocycles. The second-order valence-corrected chi connectivity index (χ2v) is 9.36.